The van der Waals surface area contributed by atoms with Crippen LogP contribution < -0.4 is 15.8 Å². The highest BCUT2D eigenvalue weighted by molar-refractivity contribution is 6.03. The van der Waals surface area contributed by atoms with Gasteiger partial charge in [0.25, 0.3) is 5.91 Å². The first kappa shape index (κ1) is 14.3. The summed E-state index contributed by atoms with van der Waals surface area (Å²) in [6.45, 7) is 2.08. The molecule has 0 bridgehead atoms. The van der Waals surface area contributed by atoms with Gasteiger partial charge in [-0.15, -0.1) is 0 Å². The van der Waals surface area contributed by atoms with Crippen LogP contribution in [0.1, 0.15) is 29.6 Å². The van der Waals surface area contributed by atoms with E-state index >= 15 is 0 Å². The maximum absolute atomic E-state index is 12.0. The number of aromatic amines is 1. The maximum atomic E-state index is 12.0. The van der Waals surface area contributed by atoms with Crippen molar-refractivity contribution in [3.8, 4) is 0 Å². The molecule has 2 aromatic rings. The van der Waals surface area contributed by atoms with Gasteiger partial charge < -0.3 is 15.2 Å². The summed E-state index contributed by atoms with van der Waals surface area (Å²) in [7, 11) is 0. The number of carbonyl (C=O) groups excluding carboxylic acids is 1. The third kappa shape index (κ3) is 3.33. The molecule has 0 aromatic carbocycles. The molecule has 0 unspecified atom stereocenters. The molecule has 2 N–H and O–H groups in total. The summed E-state index contributed by atoms with van der Waals surface area (Å²) < 4.78 is 0. The molecule has 0 saturated carbocycles. The van der Waals surface area contributed by atoms with Crippen LogP contribution >= 0.6 is 0 Å². The van der Waals surface area contributed by atoms with Gasteiger partial charge in [-0.05, 0) is 37.5 Å². The predicted octanol–water partition coefficient (Wildman–Crippen LogP) is 2.01. The summed E-state index contributed by atoms with van der Waals surface area (Å²) in [5.74, 6) is 0.672. The second kappa shape index (κ2) is 6.43. The van der Waals surface area contributed by atoms with E-state index in [0.717, 1.165) is 18.9 Å². The third-order valence-electron chi connectivity index (χ3n) is 3.73. The standard InChI is InChI=1S/C16H18N4O2/c21-15-7-4-12(10-18-15)16(22)19-13-5-6-14(17-11-13)20-8-2-1-3-9-20/h4-7,10-11H,1-3,8-9H2,(H,18,21)(H,19,22). The monoisotopic (exact) mass is 298 g/mol. The molecule has 6 heteroatoms. The zero-order chi connectivity index (χ0) is 15.4. The van der Waals surface area contributed by atoms with Crippen molar-refractivity contribution in [2.24, 2.45) is 0 Å². The molecule has 1 aliphatic rings. The van der Waals surface area contributed by atoms with Crippen LogP contribution in [0.5, 0.6) is 0 Å². The lowest BCUT2D eigenvalue weighted by Gasteiger charge is -2.27. The zero-order valence-electron chi connectivity index (χ0n) is 12.2. The van der Waals surface area contributed by atoms with E-state index in [4.69, 9.17) is 0 Å². The second-order valence-electron chi connectivity index (χ2n) is 5.35. The fraction of sp³-hybridized carbons (Fsp3) is 0.312. The van der Waals surface area contributed by atoms with Gasteiger partial charge in [0, 0.05) is 25.4 Å². The van der Waals surface area contributed by atoms with Crippen molar-refractivity contribution in [3.05, 3.63) is 52.6 Å². The van der Waals surface area contributed by atoms with E-state index in [-0.39, 0.29) is 11.5 Å². The molecule has 3 heterocycles. The highest BCUT2D eigenvalue weighted by atomic mass is 16.1. The van der Waals surface area contributed by atoms with E-state index in [2.05, 4.69) is 20.2 Å². The Morgan fingerprint density at radius 2 is 1.95 bits per heavy atom. The van der Waals surface area contributed by atoms with Gasteiger partial charge in [0.15, 0.2) is 0 Å². The second-order valence-corrected chi connectivity index (χ2v) is 5.35. The van der Waals surface area contributed by atoms with E-state index in [1.54, 1.807) is 6.20 Å². The number of carbonyl (C=O) groups is 1. The third-order valence-corrected chi connectivity index (χ3v) is 3.73. The molecule has 2 aromatic heterocycles. The number of anilines is 2. The van der Waals surface area contributed by atoms with Gasteiger partial charge in [0.05, 0.1) is 17.4 Å². The Kier molecular flexibility index (Phi) is 4.18. The van der Waals surface area contributed by atoms with Crippen LogP contribution in [0.15, 0.2) is 41.5 Å². The highest BCUT2D eigenvalue weighted by Gasteiger charge is 2.12. The van der Waals surface area contributed by atoms with Crippen molar-refractivity contribution in [2.75, 3.05) is 23.3 Å². The Hall–Kier alpha value is -2.63. The molecule has 0 radical (unpaired) electrons. The van der Waals surface area contributed by atoms with E-state index < -0.39 is 0 Å². The van der Waals surface area contributed by atoms with Crippen LogP contribution in [0, 0.1) is 0 Å². The lowest BCUT2D eigenvalue weighted by molar-refractivity contribution is 0.102. The molecule has 0 spiro atoms. The Bertz CT molecular complexity index is 682. The van der Waals surface area contributed by atoms with Crippen LogP contribution in [0.4, 0.5) is 11.5 Å². The minimum atomic E-state index is -0.274. The molecule has 1 aliphatic heterocycles. The number of aromatic nitrogens is 2. The molecular weight excluding hydrogens is 280 g/mol. The summed E-state index contributed by atoms with van der Waals surface area (Å²) in [5, 5.41) is 2.77. The van der Waals surface area contributed by atoms with Gasteiger partial charge in [0.1, 0.15) is 5.82 Å². The van der Waals surface area contributed by atoms with Crippen molar-refractivity contribution >= 4 is 17.4 Å². The largest absolute Gasteiger partial charge is 0.357 e. The van der Waals surface area contributed by atoms with E-state index in [1.165, 1.54) is 37.6 Å². The van der Waals surface area contributed by atoms with Crippen LogP contribution in [0.2, 0.25) is 0 Å². The fourth-order valence-corrected chi connectivity index (χ4v) is 2.53. The molecule has 1 fully saturated rings. The maximum Gasteiger partial charge on any atom is 0.257 e. The van der Waals surface area contributed by atoms with Crippen LogP contribution in [0.25, 0.3) is 0 Å². The molecular formula is C16H18N4O2. The van der Waals surface area contributed by atoms with Gasteiger partial charge >= 0.3 is 0 Å². The summed E-state index contributed by atoms with van der Waals surface area (Å²) in [6, 6.07) is 6.59. The minimum absolute atomic E-state index is 0.232. The smallest absolute Gasteiger partial charge is 0.257 e. The summed E-state index contributed by atoms with van der Waals surface area (Å²) in [6.07, 6.45) is 6.74. The van der Waals surface area contributed by atoms with E-state index in [1.807, 2.05) is 12.1 Å². The number of hydrogen-bond acceptors (Lipinski definition) is 4. The topological polar surface area (TPSA) is 78.1 Å². The number of rotatable bonds is 3. The van der Waals surface area contributed by atoms with Crippen molar-refractivity contribution < 1.29 is 4.79 Å². The van der Waals surface area contributed by atoms with Crippen molar-refractivity contribution in [3.63, 3.8) is 0 Å². The molecule has 6 nitrogen and oxygen atoms in total. The van der Waals surface area contributed by atoms with Gasteiger partial charge in [-0.3, -0.25) is 9.59 Å². The highest BCUT2D eigenvalue weighted by Crippen LogP contribution is 2.19. The normalized spacial score (nSPS) is 14.6. The first-order valence-corrected chi connectivity index (χ1v) is 7.43. The Morgan fingerprint density at radius 1 is 1.14 bits per heavy atom. The average molecular weight is 298 g/mol. The molecule has 0 atom stereocenters. The number of piperidine rings is 1. The first-order valence-electron chi connectivity index (χ1n) is 7.43. The summed E-state index contributed by atoms with van der Waals surface area (Å²) in [5.41, 5.74) is 0.806. The zero-order valence-corrected chi connectivity index (χ0v) is 12.2. The summed E-state index contributed by atoms with van der Waals surface area (Å²) >= 11 is 0. The van der Waals surface area contributed by atoms with Crippen molar-refractivity contribution in [1.29, 1.82) is 0 Å². The molecule has 114 valence electrons. The molecule has 1 amide bonds. The Balaban J connectivity index is 1.66. The average Bonchev–Trinajstić information content (AvgIpc) is 2.57. The number of amides is 1. The molecule has 22 heavy (non-hydrogen) atoms. The van der Waals surface area contributed by atoms with Gasteiger partial charge in [-0.2, -0.15) is 0 Å². The van der Waals surface area contributed by atoms with Gasteiger partial charge in [0.2, 0.25) is 5.56 Å². The quantitative estimate of drug-likeness (QED) is 0.908. The summed E-state index contributed by atoms with van der Waals surface area (Å²) in [4.78, 5) is 32.2. The van der Waals surface area contributed by atoms with Gasteiger partial charge in [-0.1, -0.05) is 0 Å². The SMILES string of the molecule is O=C(Nc1ccc(N2CCCCC2)nc1)c1ccc(=O)[nH]c1. The lowest BCUT2D eigenvalue weighted by Crippen LogP contribution is -2.30. The number of nitrogens with one attached hydrogen (secondary N) is 2. The van der Waals surface area contributed by atoms with Crippen LogP contribution in [-0.4, -0.2) is 29.0 Å². The Labute approximate surface area is 128 Å². The lowest BCUT2D eigenvalue weighted by atomic mass is 10.1. The number of pyridine rings is 2. The first-order chi connectivity index (χ1) is 10.7. The molecule has 1 saturated heterocycles. The van der Waals surface area contributed by atoms with E-state index in [9.17, 15) is 9.59 Å². The minimum Gasteiger partial charge on any atom is -0.357 e. The van der Waals surface area contributed by atoms with Crippen LogP contribution in [-0.2, 0) is 0 Å². The van der Waals surface area contributed by atoms with Gasteiger partial charge in [-0.25, -0.2) is 4.98 Å². The predicted molar refractivity (Wildman–Crippen MR) is 85.3 cm³/mol. The van der Waals surface area contributed by atoms with Crippen LogP contribution in [0.3, 0.4) is 0 Å². The molecule has 0 aliphatic carbocycles. The number of hydrogen-bond donors (Lipinski definition) is 2. The van der Waals surface area contributed by atoms with Crippen molar-refractivity contribution in [2.45, 2.75) is 19.3 Å². The number of H-pyrrole nitrogens is 1. The molecule has 3 rings (SSSR count). The Morgan fingerprint density at radius 3 is 2.59 bits per heavy atom. The van der Waals surface area contributed by atoms with E-state index in [0.29, 0.717) is 11.3 Å². The number of nitrogens with zero attached hydrogens (tertiary/aromatic N) is 2. The van der Waals surface area contributed by atoms with Crippen molar-refractivity contribution in [1.82, 2.24) is 9.97 Å². The fourth-order valence-electron chi connectivity index (χ4n) is 2.53.